The lowest BCUT2D eigenvalue weighted by Gasteiger charge is -2.12. The van der Waals surface area contributed by atoms with E-state index in [9.17, 15) is 18.4 Å². The maximum atomic E-state index is 12.7. The summed E-state index contributed by atoms with van der Waals surface area (Å²) < 4.78 is 29.6. The highest BCUT2D eigenvalue weighted by molar-refractivity contribution is 6.20. The molecule has 0 radical (unpaired) electrons. The summed E-state index contributed by atoms with van der Waals surface area (Å²) in [6, 6.07) is 8.79. The van der Waals surface area contributed by atoms with Crippen LogP contribution in [0.2, 0.25) is 0 Å². The first-order valence-electron chi connectivity index (χ1n) is 9.09. The molecule has 0 bridgehead atoms. The number of nitrogens with zero attached hydrogens (tertiary/aromatic N) is 1. The first-order valence-corrected chi connectivity index (χ1v) is 9.47. The highest BCUT2D eigenvalue weighted by Gasteiger charge is 2.27. The molecule has 3 heterocycles. The Hall–Kier alpha value is -3.66. The van der Waals surface area contributed by atoms with Gasteiger partial charge in [-0.2, -0.15) is 0 Å². The zero-order valence-corrected chi connectivity index (χ0v) is 16.8. The standard InChI is InChI=1S/C20H16ClF2N5O3/c1-24-17-14(15-7-10-8-26-19(30)16(10)28-15)6-11(9-25-17)18(29)27-12-2-4-13(5-3-12)31-20(21,22)23/h2-7,9,28H,8H2,1H3,(H,24,25)(H,26,30)(H,27,29). The summed E-state index contributed by atoms with van der Waals surface area (Å²) in [5.41, 5.74) is -0.606. The molecule has 31 heavy (non-hydrogen) atoms. The van der Waals surface area contributed by atoms with Crippen LogP contribution >= 0.6 is 11.6 Å². The molecule has 0 aliphatic carbocycles. The topological polar surface area (TPSA) is 108 Å². The molecule has 4 N–H and O–H groups in total. The van der Waals surface area contributed by atoms with Crippen LogP contribution in [0, 0.1) is 0 Å². The number of fused-ring (bicyclic) bond motifs is 1. The SMILES string of the molecule is CNc1ncc(C(=O)Nc2ccc(OC(F)(F)Cl)cc2)cc1-c1cc2c([nH]1)C(=O)NC2. The summed E-state index contributed by atoms with van der Waals surface area (Å²) in [6.45, 7) is 0.433. The van der Waals surface area contributed by atoms with Crippen LogP contribution in [0.3, 0.4) is 0 Å². The molecule has 2 aromatic heterocycles. The van der Waals surface area contributed by atoms with E-state index in [4.69, 9.17) is 11.6 Å². The van der Waals surface area contributed by atoms with Gasteiger partial charge in [-0.3, -0.25) is 9.59 Å². The number of halogens is 3. The summed E-state index contributed by atoms with van der Waals surface area (Å²) in [5.74, 6) is -0.261. The number of carbonyl (C=O) groups is 2. The number of nitrogens with one attached hydrogen (secondary N) is 4. The van der Waals surface area contributed by atoms with Crippen molar-refractivity contribution in [2.45, 2.75) is 12.1 Å². The van der Waals surface area contributed by atoms with E-state index in [1.54, 1.807) is 13.1 Å². The molecular weight excluding hydrogens is 432 g/mol. The van der Waals surface area contributed by atoms with E-state index >= 15 is 0 Å². The quantitative estimate of drug-likeness (QED) is 0.430. The van der Waals surface area contributed by atoms with Gasteiger partial charge >= 0.3 is 5.57 Å². The third kappa shape index (κ3) is 4.43. The lowest BCUT2D eigenvalue weighted by Crippen LogP contribution is -2.16. The molecule has 4 rings (SSSR count). The van der Waals surface area contributed by atoms with Gasteiger partial charge in [0.25, 0.3) is 11.8 Å². The van der Waals surface area contributed by atoms with E-state index in [0.29, 0.717) is 35.0 Å². The molecule has 0 saturated carbocycles. The Labute approximate surface area is 180 Å². The zero-order chi connectivity index (χ0) is 22.2. The molecule has 1 aliphatic rings. The van der Waals surface area contributed by atoms with Crippen LogP contribution in [0.5, 0.6) is 5.75 Å². The first kappa shape index (κ1) is 20.6. The largest absolute Gasteiger partial charge is 0.487 e. The normalized spacial score (nSPS) is 12.8. The number of hydrogen-bond donors (Lipinski definition) is 4. The van der Waals surface area contributed by atoms with Crippen molar-refractivity contribution >= 4 is 34.9 Å². The number of benzene rings is 1. The Morgan fingerprint density at radius 1 is 1.26 bits per heavy atom. The summed E-state index contributed by atoms with van der Waals surface area (Å²) in [6.07, 6.45) is 1.40. The van der Waals surface area contributed by atoms with Crippen molar-refractivity contribution in [1.29, 1.82) is 0 Å². The van der Waals surface area contributed by atoms with E-state index < -0.39 is 11.5 Å². The van der Waals surface area contributed by atoms with Gasteiger partial charge in [0, 0.05) is 48.2 Å². The lowest BCUT2D eigenvalue weighted by atomic mass is 10.1. The molecule has 0 spiro atoms. The Morgan fingerprint density at radius 3 is 2.65 bits per heavy atom. The minimum Gasteiger partial charge on any atom is -0.420 e. The Morgan fingerprint density at radius 2 is 2.00 bits per heavy atom. The lowest BCUT2D eigenvalue weighted by molar-refractivity contribution is -0.0964. The number of hydrogen-bond acceptors (Lipinski definition) is 5. The van der Waals surface area contributed by atoms with Crippen LogP contribution in [0.25, 0.3) is 11.3 Å². The second-order valence-electron chi connectivity index (χ2n) is 6.66. The van der Waals surface area contributed by atoms with Crippen LogP contribution in [0.15, 0.2) is 42.6 Å². The number of alkyl halides is 3. The third-order valence-corrected chi connectivity index (χ3v) is 4.67. The Balaban J connectivity index is 1.56. The third-order valence-electron chi connectivity index (χ3n) is 4.59. The summed E-state index contributed by atoms with van der Waals surface area (Å²) in [5, 5.41) is 8.34. The van der Waals surface area contributed by atoms with Gasteiger partial charge < -0.3 is 25.7 Å². The molecule has 1 aliphatic heterocycles. The average Bonchev–Trinajstić information content (AvgIpc) is 3.30. The highest BCUT2D eigenvalue weighted by atomic mass is 35.5. The second kappa shape index (κ2) is 7.88. The molecule has 1 aromatic carbocycles. The minimum absolute atomic E-state index is 0.149. The molecule has 0 atom stereocenters. The van der Waals surface area contributed by atoms with E-state index in [1.807, 2.05) is 6.07 Å². The number of carbonyl (C=O) groups excluding carboxylic acids is 2. The van der Waals surface area contributed by atoms with Crippen molar-refractivity contribution in [3.63, 3.8) is 0 Å². The van der Waals surface area contributed by atoms with Crippen molar-refractivity contribution in [2.75, 3.05) is 17.7 Å². The smallest absolute Gasteiger partial charge is 0.420 e. The van der Waals surface area contributed by atoms with Crippen LogP contribution in [-0.4, -0.2) is 34.4 Å². The highest BCUT2D eigenvalue weighted by Crippen LogP contribution is 2.30. The monoisotopic (exact) mass is 447 g/mol. The molecule has 11 heteroatoms. The fraction of sp³-hybridized carbons (Fsp3) is 0.150. The van der Waals surface area contributed by atoms with Gasteiger partial charge in [-0.1, -0.05) is 0 Å². The molecule has 160 valence electrons. The maximum Gasteiger partial charge on any atom is 0.487 e. The van der Waals surface area contributed by atoms with Crippen molar-refractivity contribution in [1.82, 2.24) is 15.3 Å². The fourth-order valence-corrected chi connectivity index (χ4v) is 3.27. The molecule has 0 saturated heterocycles. The predicted octanol–water partition coefficient (Wildman–Crippen LogP) is 3.78. The summed E-state index contributed by atoms with van der Waals surface area (Å²) >= 11 is 4.73. The van der Waals surface area contributed by atoms with Crippen molar-refractivity contribution in [3.05, 3.63) is 59.4 Å². The number of pyridine rings is 1. The molecule has 0 unspecified atom stereocenters. The number of amides is 2. The van der Waals surface area contributed by atoms with Crippen LogP contribution < -0.4 is 20.7 Å². The molecule has 3 aromatic rings. The fourth-order valence-electron chi connectivity index (χ4n) is 3.19. The van der Waals surface area contributed by atoms with Gasteiger partial charge in [-0.15, -0.1) is 8.78 Å². The number of H-pyrrole nitrogens is 1. The average molecular weight is 448 g/mol. The van der Waals surface area contributed by atoms with Gasteiger partial charge in [0.05, 0.1) is 11.3 Å². The number of aromatic nitrogens is 2. The van der Waals surface area contributed by atoms with Crippen molar-refractivity contribution in [2.24, 2.45) is 0 Å². The molecule has 0 fully saturated rings. The number of aromatic amines is 1. The summed E-state index contributed by atoms with van der Waals surface area (Å²) in [7, 11) is 1.70. The minimum atomic E-state index is -3.82. The van der Waals surface area contributed by atoms with Gasteiger partial charge in [0.15, 0.2) is 0 Å². The zero-order valence-electron chi connectivity index (χ0n) is 16.1. The van der Waals surface area contributed by atoms with Gasteiger partial charge in [0.2, 0.25) is 0 Å². The van der Waals surface area contributed by atoms with Crippen LogP contribution in [0.4, 0.5) is 20.3 Å². The van der Waals surface area contributed by atoms with Crippen LogP contribution in [0.1, 0.15) is 26.4 Å². The van der Waals surface area contributed by atoms with Crippen LogP contribution in [-0.2, 0) is 6.54 Å². The predicted molar refractivity (Wildman–Crippen MR) is 111 cm³/mol. The Bertz CT molecular complexity index is 1160. The summed E-state index contributed by atoms with van der Waals surface area (Å²) in [4.78, 5) is 31.9. The van der Waals surface area contributed by atoms with Gasteiger partial charge in [-0.05, 0) is 36.4 Å². The molecule has 2 amide bonds. The van der Waals surface area contributed by atoms with E-state index in [-0.39, 0.29) is 17.2 Å². The van der Waals surface area contributed by atoms with Gasteiger partial charge in [-0.25, -0.2) is 4.98 Å². The van der Waals surface area contributed by atoms with E-state index in [1.165, 1.54) is 30.5 Å². The number of anilines is 2. The first-order chi connectivity index (χ1) is 14.7. The van der Waals surface area contributed by atoms with Gasteiger partial charge in [0.1, 0.15) is 17.3 Å². The maximum absolute atomic E-state index is 12.7. The van der Waals surface area contributed by atoms with E-state index in [2.05, 4.69) is 30.7 Å². The number of rotatable bonds is 6. The van der Waals surface area contributed by atoms with Crippen molar-refractivity contribution < 1.29 is 23.1 Å². The van der Waals surface area contributed by atoms with Crippen molar-refractivity contribution in [3.8, 4) is 17.0 Å². The molecule has 8 nitrogen and oxygen atoms in total. The molecular formula is C20H16ClF2N5O3. The Kier molecular flexibility index (Phi) is 5.24. The second-order valence-corrected chi connectivity index (χ2v) is 7.10. The number of ether oxygens (including phenoxy) is 1. The van der Waals surface area contributed by atoms with E-state index in [0.717, 1.165) is 5.56 Å².